The summed E-state index contributed by atoms with van der Waals surface area (Å²) in [4.78, 5) is 15.0. The Balaban J connectivity index is 2.40. The van der Waals surface area contributed by atoms with Crippen molar-refractivity contribution in [2.75, 3.05) is 11.4 Å². The molecular weight excluding hydrogens is 248 g/mol. The molecule has 3 heteroatoms. The van der Waals surface area contributed by atoms with Gasteiger partial charge in [0.15, 0.2) is 0 Å². The summed E-state index contributed by atoms with van der Waals surface area (Å²) in [7, 11) is 0. The molecule has 2 N–H and O–H groups in total. The van der Waals surface area contributed by atoms with Crippen LogP contribution in [0.1, 0.15) is 46.1 Å². The number of hydrogen-bond donors (Lipinski definition) is 1. The third-order valence-electron chi connectivity index (χ3n) is 4.75. The molecule has 0 saturated heterocycles. The number of nitrogens with two attached hydrogens (primary N) is 1. The maximum absolute atomic E-state index is 13.0. The van der Waals surface area contributed by atoms with Crippen molar-refractivity contribution in [1.29, 1.82) is 0 Å². The number of para-hydroxylation sites is 1. The molecule has 1 heterocycles. The summed E-state index contributed by atoms with van der Waals surface area (Å²) in [6.07, 6.45) is 3.22. The molecule has 0 fully saturated rings. The second-order valence-corrected chi connectivity index (χ2v) is 6.89. The van der Waals surface area contributed by atoms with Crippen molar-refractivity contribution in [2.24, 2.45) is 11.1 Å². The Labute approximate surface area is 122 Å². The number of anilines is 1. The van der Waals surface area contributed by atoms with Crippen molar-refractivity contribution in [3.63, 3.8) is 0 Å². The van der Waals surface area contributed by atoms with Gasteiger partial charge >= 0.3 is 0 Å². The summed E-state index contributed by atoms with van der Waals surface area (Å²) >= 11 is 0. The average Bonchev–Trinajstić information content (AvgIpc) is 2.58. The maximum Gasteiger partial charge on any atom is 0.234 e. The Morgan fingerprint density at radius 2 is 1.80 bits per heavy atom. The number of hydrogen-bond acceptors (Lipinski definition) is 2. The van der Waals surface area contributed by atoms with Crippen LogP contribution < -0.4 is 10.6 Å². The number of fused-ring (bicyclic) bond motifs is 1. The Kier molecular flexibility index (Phi) is 3.92. The number of nitrogens with zero attached hydrogens (tertiary/aromatic N) is 1. The van der Waals surface area contributed by atoms with E-state index in [0.29, 0.717) is 0 Å². The van der Waals surface area contributed by atoms with E-state index in [0.717, 1.165) is 31.5 Å². The lowest BCUT2D eigenvalue weighted by molar-refractivity contribution is -0.129. The smallest absolute Gasteiger partial charge is 0.234 e. The summed E-state index contributed by atoms with van der Waals surface area (Å²) in [6.45, 7) is 8.53. The zero-order valence-corrected chi connectivity index (χ0v) is 13.1. The van der Waals surface area contributed by atoms with Crippen molar-refractivity contribution in [3.05, 3.63) is 29.8 Å². The third kappa shape index (κ3) is 2.59. The highest BCUT2D eigenvalue weighted by Crippen LogP contribution is 2.35. The van der Waals surface area contributed by atoms with Gasteiger partial charge in [0.25, 0.3) is 0 Å². The fourth-order valence-electron chi connectivity index (χ4n) is 2.52. The summed E-state index contributed by atoms with van der Waals surface area (Å²) < 4.78 is 0. The van der Waals surface area contributed by atoms with Crippen molar-refractivity contribution in [3.8, 4) is 0 Å². The molecule has 3 nitrogen and oxygen atoms in total. The van der Waals surface area contributed by atoms with Gasteiger partial charge in [0.05, 0.1) is 5.41 Å². The SMILES string of the molecule is CC(C)(N)C(C)(C)C(=O)N1CCCCc2ccccc21. The van der Waals surface area contributed by atoms with Gasteiger partial charge in [-0.2, -0.15) is 0 Å². The summed E-state index contributed by atoms with van der Waals surface area (Å²) in [5, 5.41) is 0. The van der Waals surface area contributed by atoms with Gasteiger partial charge in [0.1, 0.15) is 0 Å². The molecule has 0 radical (unpaired) electrons. The molecule has 2 rings (SSSR count). The molecule has 0 saturated carbocycles. The number of aryl methyl sites for hydroxylation is 1. The van der Waals surface area contributed by atoms with Gasteiger partial charge in [-0.1, -0.05) is 18.2 Å². The van der Waals surface area contributed by atoms with E-state index < -0.39 is 11.0 Å². The highest BCUT2D eigenvalue weighted by molar-refractivity contribution is 5.98. The van der Waals surface area contributed by atoms with Crippen LogP contribution in [0, 0.1) is 5.41 Å². The molecule has 110 valence electrons. The molecule has 1 aliphatic rings. The molecule has 1 aliphatic heterocycles. The fourth-order valence-corrected chi connectivity index (χ4v) is 2.52. The van der Waals surface area contributed by atoms with Crippen LogP contribution >= 0.6 is 0 Å². The van der Waals surface area contributed by atoms with Crippen molar-refractivity contribution in [1.82, 2.24) is 0 Å². The average molecular weight is 274 g/mol. The molecule has 0 unspecified atom stereocenters. The van der Waals surface area contributed by atoms with Crippen molar-refractivity contribution < 1.29 is 4.79 Å². The second kappa shape index (κ2) is 5.21. The molecule has 0 bridgehead atoms. The first-order chi connectivity index (χ1) is 9.25. The van der Waals surface area contributed by atoms with Gasteiger partial charge in [-0.05, 0) is 58.6 Å². The Bertz CT molecular complexity index is 500. The van der Waals surface area contributed by atoms with E-state index in [1.165, 1.54) is 5.56 Å². The molecule has 1 amide bonds. The van der Waals surface area contributed by atoms with Crippen LogP contribution in [0.2, 0.25) is 0 Å². The minimum atomic E-state index is -0.593. The van der Waals surface area contributed by atoms with E-state index in [4.69, 9.17) is 5.73 Å². The lowest BCUT2D eigenvalue weighted by atomic mass is 9.74. The Hall–Kier alpha value is -1.35. The zero-order chi connectivity index (χ0) is 15.0. The van der Waals surface area contributed by atoms with E-state index in [9.17, 15) is 4.79 Å². The van der Waals surface area contributed by atoms with E-state index in [2.05, 4.69) is 12.1 Å². The van der Waals surface area contributed by atoms with Crippen LogP contribution in [0.25, 0.3) is 0 Å². The van der Waals surface area contributed by atoms with Gasteiger partial charge in [-0.3, -0.25) is 4.79 Å². The largest absolute Gasteiger partial charge is 0.325 e. The Morgan fingerprint density at radius 1 is 1.15 bits per heavy atom. The van der Waals surface area contributed by atoms with Crippen LogP contribution in [0.5, 0.6) is 0 Å². The molecular formula is C17H26N2O. The van der Waals surface area contributed by atoms with Crippen LogP contribution in [-0.2, 0) is 11.2 Å². The van der Waals surface area contributed by atoms with Gasteiger partial charge < -0.3 is 10.6 Å². The quantitative estimate of drug-likeness (QED) is 0.900. The van der Waals surface area contributed by atoms with Crippen LogP contribution in [0.15, 0.2) is 24.3 Å². The minimum Gasteiger partial charge on any atom is -0.325 e. The summed E-state index contributed by atoms with van der Waals surface area (Å²) in [6, 6.07) is 8.23. The molecule has 0 spiro atoms. The standard InChI is InChI=1S/C17H26N2O/c1-16(2,17(3,4)18)15(20)19-12-8-7-10-13-9-5-6-11-14(13)19/h5-6,9,11H,7-8,10,12,18H2,1-4H3. The highest BCUT2D eigenvalue weighted by atomic mass is 16.2. The first kappa shape index (κ1) is 15.0. The number of amides is 1. The predicted octanol–water partition coefficient (Wildman–Crippen LogP) is 3.12. The summed E-state index contributed by atoms with van der Waals surface area (Å²) in [5.74, 6) is 0.124. The second-order valence-electron chi connectivity index (χ2n) is 6.89. The molecule has 1 aromatic rings. The highest BCUT2D eigenvalue weighted by Gasteiger charge is 2.43. The Morgan fingerprint density at radius 3 is 2.45 bits per heavy atom. The lowest BCUT2D eigenvalue weighted by Crippen LogP contribution is -2.56. The van der Waals surface area contributed by atoms with Crippen molar-refractivity contribution in [2.45, 2.75) is 52.5 Å². The molecule has 0 atom stereocenters. The first-order valence-electron chi connectivity index (χ1n) is 7.44. The van der Waals surface area contributed by atoms with Gasteiger partial charge in [-0.25, -0.2) is 0 Å². The van der Waals surface area contributed by atoms with E-state index in [1.54, 1.807) is 0 Å². The molecule has 0 aromatic heterocycles. The van der Waals surface area contributed by atoms with E-state index >= 15 is 0 Å². The normalized spacial score (nSPS) is 16.6. The van der Waals surface area contributed by atoms with Crippen LogP contribution in [0.3, 0.4) is 0 Å². The number of benzene rings is 1. The summed E-state index contributed by atoms with van der Waals surface area (Å²) in [5.41, 5.74) is 7.42. The number of rotatable bonds is 2. The molecule has 1 aromatic carbocycles. The van der Waals surface area contributed by atoms with Crippen molar-refractivity contribution >= 4 is 11.6 Å². The predicted molar refractivity (Wildman–Crippen MR) is 83.8 cm³/mol. The minimum absolute atomic E-state index is 0.124. The van der Waals surface area contributed by atoms with Crippen LogP contribution in [-0.4, -0.2) is 18.0 Å². The zero-order valence-electron chi connectivity index (χ0n) is 13.1. The lowest BCUT2D eigenvalue weighted by Gasteiger charge is -2.40. The van der Waals surface area contributed by atoms with Gasteiger partial charge in [-0.15, -0.1) is 0 Å². The van der Waals surface area contributed by atoms with Gasteiger partial charge in [0.2, 0.25) is 5.91 Å². The topological polar surface area (TPSA) is 46.3 Å². The maximum atomic E-state index is 13.0. The monoisotopic (exact) mass is 274 g/mol. The first-order valence-corrected chi connectivity index (χ1v) is 7.44. The molecule has 20 heavy (non-hydrogen) atoms. The van der Waals surface area contributed by atoms with Gasteiger partial charge in [0, 0.05) is 17.8 Å². The van der Waals surface area contributed by atoms with Crippen LogP contribution in [0.4, 0.5) is 5.69 Å². The molecule has 0 aliphatic carbocycles. The van der Waals surface area contributed by atoms with E-state index in [1.807, 2.05) is 44.7 Å². The number of carbonyl (C=O) groups is 1. The number of carbonyl (C=O) groups excluding carboxylic acids is 1. The fraction of sp³-hybridized carbons (Fsp3) is 0.588. The third-order valence-corrected chi connectivity index (χ3v) is 4.75. The van der Waals surface area contributed by atoms with E-state index in [-0.39, 0.29) is 5.91 Å².